The van der Waals surface area contributed by atoms with Crippen LogP contribution < -0.4 is 5.32 Å². The lowest BCUT2D eigenvalue weighted by atomic mass is 10.0. The van der Waals surface area contributed by atoms with Gasteiger partial charge in [0.25, 0.3) is 0 Å². The molecule has 3 N–H and O–H groups in total. The number of carboxylic acids is 1. The van der Waals surface area contributed by atoms with Crippen molar-refractivity contribution in [3.8, 4) is 0 Å². The number of carboxylic acid groups (broad SMARTS) is 1. The van der Waals surface area contributed by atoms with E-state index in [1.165, 1.54) is 11.2 Å². The zero-order valence-electron chi connectivity index (χ0n) is 12.6. The molecular formula is C14H22N4O3. The monoisotopic (exact) mass is 294 g/mol. The number of aliphatic carboxylic acids is 1. The molecule has 7 heteroatoms. The molecule has 0 fully saturated rings. The zero-order valence-corrected chi connectivity index (χ0v) is 12.6. The largest absolute Gasteiger partial charge is 0.480 e. The van der Waals surface area contributed by atoms with E-state index >= 15 is 0 Å². The number of urea groups is 1. The number of fused-ring (bicyclic) bond motifs is 1. The van der Waals surface area contributed by atoms with Gasteiger partial charge >= 0.3 is 12.0 Å². The third-order valence-corrected chi connectivity index (χ3v) is 4.00. The van der Waals surface area contributed by atoms with Crippen molar-refractivity contribution < 1.29 is 14.7 Å². The molecule has 1 aliphatic rings. The van der Waals surface area contributed by atoms with Gasteiger partial charge < -0.3 is 20.3 Å². The summed E-state index contributed by atoms with van der Waals surface area (Å²) in [5, 5.41) is 12.3. The molecule has 0 saturated carbocycles. The highest BCUT2D eigenvalue weighted by atomic mass is 16.4. The summed E-state index contributed by atoms with van der Waals surface area (Å²) in [4.78, 5) is 32.3. The number of nitrogens with zero attached hydrogens (tertiary/aromatic N) is 2. The highest BCUT2D eigenvalue weighted by molar-refractivity contribution is 5.83. The van der Waals surface area contributed by atoms with E-state index in [0.29, 0.717) is 5.92 Å². The van der Waals surface area contributed by atoms with Gasteiger partial charge in [-0.15, -0.1) is 0 Å². The standard InChI is InChI=1S/C14H22N4O3/c1-4-9(8(2)3)17-14(21)18-6-11-10(15-7-16-11)5-12(18)13(19)20/h7-9,12H,4-6H2,1-3H3,(H,15,16)(H,17,21)(H,19,20). The Morgan fingerprint density at radius 2 is 2.29 bits per heavy atom. The van der Waals surface area contributed by atoms with Crippen molar-refractivity contribution in [1.82, 2.24) is 20.2 Å². The fourth-order valence-corrected chi connectivity index (χ4v) is 2.65. The van der Waals surface area contributed by atoms with Crippen LogP contribution in [0.3, 0.4) is 0 Å². The number of hydrogen-bond acceptors (Lipinski definition) is 3. The molecule has 2 atom stereocenters. The molecule has 1 aromatic heterocycles. The molecule has 1 aromatic rings. The van der Waals surface area contributed by atoms with E-state index in [0.717, 1.165) is 17.8 Å². The number of imidazole rings is 1. The minimum Gasteiger partial charge on any atom is -0.480 e. The fourth-order valence-electron chi connectivity index (χ4n) is 2.65. The summed E-state index contributed by atoms with van der Waals surface area (Å²) in [7, 11) is 0. The molecule has 7 nitrogen and oxygen atoms in total. The number of hydrogen-bond donors (Lipinski definition) is 3. The Balaban J connectivity index is 2.16. The van der Waals surface area contributed by atoms with Gasteiger partial charge in [0.05, 0.1) is 24.3 Å². The Hall–Kier alpha value is -2.05. The summed E-state index contributed by atoms with van der Waals surface area (Å²) < 4.78 is 0. The number of amides is 2. The first-order chi connectivity index (χ1) is 9.93. The number of rotatable bonds is 4. The smallest absolute Gasteiger partial charge is 0.326 e. The van der Waals surface area contributed by atoms with Crippen LogP contribution in [0.5, 0.6) is 0 Å². The highest BCUT2D eigenvalue weighted by Gasteiger charge is 2.36. The molecule has 2 unspecified atom stereocenters. The van der Waals surface area contributed by atoms with Crippen LogP contribution >= 0.6 is 0 Å². The molecule has 2 heterocycles. The summed E-state index contributed by atoms with van der Waals surface area (Å²) in [5.41, 5.74) is 1.53. The SMILES string of the molecule is CCC(NC(=O)N1Cc2[nH]cnc2CC1C(=O)O)C(C)C. The fraction of sp³-hybridized carbons (Fsp3) is 0.643. The summed E-state index contributed by atoms with van der Waals surface area (Å²) in [6, 6.07) is -1.16. The van der Waals surface area contributed by atoms with Crippen LogP contribution in [0.15, 0.2) is 6.33 Å². The molecule has 0 aliphatic carbocycles. The topological polar surface area (TPSA) is 98.3 Å². The van der Waals surface area contributed by atoms with E-state index in [9.17, 15) is 14.7 Å². The predicted molar refractivity (Wildman–Crippen MR) is 76.7 cm³/mol. The van der Waals surface area contributed by atoms with Gasteiger partial charge in [-0.25, -0.2) is 14.6 Å². The van der Waals surface area contributed by atoms with E-state index in [1.807, 2.05) is 20.8 Å². The van der Waals surface area contributed by atoms with E-state index in [2.05, 4.69) is 15.3 Å². The van der Waals surface area contributed by atoms with E-state index in [4.69, 9.17) is 0 Å². The van der Waals surface area contributed by atoms with Gasteiger partial charge in [-0.05, 0) is 12.3 Å². The second-order valence-corrected chi connectivity index (χ2v) is 5.72. The van der Waals surface area contributed by atoms with Crippen LogP contribution in [-0.4, -0.2) is 44.1 Å². The van der Waals surface area contributed by atoms with Crippen molar-refractivity contribution >= 4 is 12.0 Å². The molecule has 21 heavy (non-hydrogen) atoms. The molecular weight excluding hydrogens is 272 g/mol. The van der Waals surface area contributed by atoms with Crippen LogP contribution in [0.25, 0.3) is 0 Å². The minimum absolute atomic E-state index is 0.0371. The lowest BCUT2D eigenvalue weighted by Crippen LogP contribution is -2.54. The van der Waals surface area contributed by atoms with Crippen molar-refractivity contribution in [3.63, 3.8) is 0 Å². The van der Waals surface area contributed by atoms with Crippen LogP contribution in [0.1, 0.15) is 38.6 Å². The maximum atomic E-state index is 12.4. The van der Waals surface area contributed by atoms with Crippen LogP contribution in [0.4, 0.5) is 4.79 Å². The van der Waals surface area contributed by atoms with Crippen molar-refractivity contribution in [3.05, 3.63) is 17.7 Å². The molecule has 116 valence electrons. The Morgan fingerprint density at radius 1 is 1.57 bits per heavy atom. The molecule has 0 saturated heterocycles. The van der Waals surface area contributed by atoms with Crippen LogP contribution in [-0.2, 0) is 17.8 Å². The quantitative estimate of drug-likeness (QED) is 0.781. The van der Waals surface area contributed by atoms with Crippen molar-refractivity contribution in [2.24, 2.45) is 5.92 Å². The molecule has 0 spiro atoms. The van der Waals surface area contributed by atoms with Crippen LogP contribution in [0, 0.1) is 5.92 Å². The molecule has 1 aliphatic heterocycles. The third kappa shape index (κ3) is 3.17. The van der Waals surface area contributed by atoms with Crippen molar-refractivity contribution in [1.29, 1.82) is 0 Å². The normalized spacial score (nSPS) is 19.2. The Labute approximate surface area is 123 Å². The molecule has 2 amide bonds. The van der Waals surface area contributed by atoms with Gasteiger partial charge in [0, 0.05) is 12.5 Å². The van der Waals surface area contributed by atoms with Gasteiger partial charge in [0.2, 0.25) is 0 Å². The maximum Gasteiger partial charge on any atom is 0.326 e. The average molecular weight is 294 g/mol. The first kappa shape index (κ1) is 15.3. The molecule has 0 bridgehead atoms. The maximum absolute atomic E-state index is 12.4. The number of nitrogens with one attached hydrogen (secondary N) is 2. The second kappa shape index (κ2) is 6.15. The van der Waals surface area contributed by atoms with Crippen molar-refractivity contribution in [2.75, 3.05) is 0 Å². The molecule has 0 aromatic carbocycles. The van der Waals surface area contributed by atoms with Gasteiger partial charge in [-0.3, -0.25) is 0 Å². The summed E-state index contributed by atoms with van der Waals surface area (Å²) >= 11 is 0. The number of carbonyl (C=O) groups excluding carboxylic acids is 1. The molecule has 2 rings (SSSR count). The lowest BCUT2D eigenvalue weighted by molar-refractivity contribution is -0.142. The second-order valence-electron chi connectivity index (χ2n) is 5.72. The lowest BCUT2D eigenvalue weighted by Gasteiger charge is -2.34. The molecule has 0 radical (unpaired) electrons. The van der Waals surface area contributed by atoms with Crippen LogP contribution in [0.2, 0.25) is 0 Å². The van der Waals surface area contributed by atoms with Gasteiger partial charge in [0.1, 0.15) is 6.04 Å². The van der Waals surface area contributed by atoms with E-state index in [1.54, 1.807) is 0 Å². The third-order valence-electron chi connectivity index (χ3n) is 4.00. The average Bonchev–Trinajstić information content (AvgIpc) is 2.89. The van der Waals surface area contributed by atoms with E-state index in [-0.39, 0.29) is 25.0 Å². The summed E-state index contributed by atoms with van der Waals surface area (Å²) in [5.74, 6) is -0.703. The summed E-state index contributed by atoms with van der Waals surface area (Å²) in [6.45, 7) is 6.31. The first-order valence-electron chi connectivity index (χ1n) is 7.25. The number of carbonyl (C=O) groups is 2. The Morgan fingerprint density at radius 3 is 2.86 bits per heavy atom. The predicted octanol–water partition coefficient (Wildman–Crippen LogP) is 1.37. The van der Waals surface area contributed by atoms with Gasteiger partial charge in [0.15, 0.2) is 0 Å². The van der Waals surface area contributed by atoms with Gasteiger partial charge in [-0.2, -0.15) is 0 Å². The summed E-state index contributed by atoms with van der Waals surface area (Å²) in [6.07, 6.45) is 2.58. The minimum atomic E-state index is -1.00. The van der Waals surface area contributed by atoms with Gasteiger partial charge in [-0.1, -0.05) is 20.8 Å². The first-order valence-corrected chi connectivity index (χ1v) is 7.25. The van der Waals surface area contributed by atoms with Crippen molar-refractivity contribution in [2.45, 2.75) is 52.2 Å². The Bertz CT molecular complexity index is 526. The highest BCUT2D eigenvalue weighted by Crippen LogP contribution is 2.21. The van der Waals surface area contributed by atoms with E-state index < -0.39 is 12.0 Å². The number of H-pyrrole nitrogens is 1. The Kier molecular flexibility index (Phi) is 4.50. The zero-order chi connectivity index (χ0) is 15.6. The number of aromatic amines is 1. The number of aromatic nitrogens is 2.